The molecule has 0 aromatic carbocycles. The highest BCUT2D eigenvalue weighted by atomic mass is 32.2. The third kappa shape index (κ3) is 5.21. The number of nitrogens with one attached hydrogen (secondary N) is 1. The molecule has 1 rings (SSSR count). The summed E-state index contributed by atoms with van der Waals surface area (Å²) in [6, 6.07) is 0.386. The highest BCUT2D eigenvalue weighted by molar-refractivity contribution is 7.86. The van der Waals surface area contributed by atoms with Gasteiger partial charge in [-0.05, 0) is 12.8 Å². The van der Waals surface area contributed by atoms with Crippen molar-refractivity contribution in [1.29, 1.82) is 0 Å². The lowest BCUT2D eigenvalue weighted by Gasteiger charge is -2.38. The van der Waals surface area contributed by atoms with Gasteiger partial charge in [0.25, 0.3) is 10.2 Å². The molecule has 1 atom stereocenters. The van der Waals surface area contributed by atoms with Crippen LogP contribution in [-0.4, -0.2) is 55.3 Å². The first-order chi connectivity index (χ1) is 9.93. The minimum Gasteiger partial charge on any atom is -0.313 e. The lowest BCUT2D eigenvalue weighted by Crippen LogP contribution is -2.54. The van der Waals surface area contributed by atoms with Gasteiger partial charge < -0.3 is 5.32 Å². The van der Waals surface area contributed by atoms with Crippen molar-refractivity contribution in [3.05, 3.63) is 25.3 Å². The second kappa shape index (κ2) is 8.68. The van der Waals surface area contributed by atoms with E-state index in [-0.39, 0.29) is 6.04 Å². The maximum Gasteiger partial charge on any atom is 0.282 e. The van der Waals surface area contributed by atoms with E-state index >= 15 is 0 Å². The molecule has 0 spiro atoms. The maximum atomic E-state index is 12.8. The van der Waals surface area contributed by atoms with E-state index in [1.54, 1.807) is 16.5 Å². The fourth-order valence-electron chi connectivity index (χ4n) is 2.55. The van der Waals surface area contributed by atoms with Crippen LogP contribution in [0.25, 0.3) is 0 Å². The number of hydrogen-bond donors (Lipinski definition) is 1. The van der Waals surface area contributed by atoms with Crippen molar-refractivity contribution in [2.45, 2.75) is 45.2 Å². The molecule has 0 radical (unpaired) electrons. The topological polar surface area (TPSA) is 52.7 Å². The molecule has 0 saturated carbocycles. The zero-order valence-corrected chi connectivity index (χ0v) is 14.1. The Hall–Kier alpha value is -0.690. The van der Waals surface area contributed by atoms with Gasteiger partial charge in [0.1, 0.15) is 0 Å². The number of rotatable bonds is 9. The Labute approximate surface area is 129 Å². The van der Waals surface area contributed by atoms with E-state index in [0.717, 1.165) is 19.3 Å². The van der Waals surface area contributed by atoms with Crippen molar-refractivity contribution in [2.75, 3.05) is 26.2 Å². The van der Waals surface area contributed by atoms with Crippen LogP contribution in [0.5, 0.6) is 0 Å². The van der Waals surface area contributed by atoms with Crippen LogP contribution in [0.15, 0.2) is 25.3 Å². The predicted octanol–water partition coefficient (Wildman–Crippen LogP) is 1.76. The average molecular weight is 315 g/mol. The largest absolute Gasteiger partial charge is 0.313 e. The summed E-state index contributed by atoms with van der Waals surface area (Å²) in [5, 5.41) is 3.36. The quantitative estimate of drug-likeness (QED) is 0.660. The lowest BCUT2D eigenvalue weighted by atomic mass is 10.0. The number of piperidine rings is 1. The molecule has 0 aromatic heterocycles. The normalized spacial score (nSPS) is 20.9. The molecule has 0 aliphatic carbocycles. The van der Waals surface area contributed by atoms with Gasteiger partial charge in [0.05, 0.1) is 0 Å². The molecule has 0 aromatic rings. The van der Waals surface area contributed by atoms with Crippen molar-refractivity contribution in [2.24, 2.45) is 0 Å². The van der Waals surface area contributed by atoms with Crippen LogP contribution in [-0.2, 0) is 10.2 Å². The molecular weight excluding hydrogens is 286 g/mol. The summed E-state index contributed by atoms with van der Waals surface area (Å²) >= 11 is 0. The fourth-order valence-corrected chi connectivity index (χ4v) is 4.35. The van der Waals surface area contributed by atoms with Crippen LogP contribution in [0.3, 0.4) is 0 Å². The van der Waals surface area contributed by atoms with E-state index in [2.05, 4.69) is 32.3 Å². The Bertz CT molecular complexity index is 424. The number of hydrogen-bond acceptors (Lipinski definition) is 3. The van der Waals surface area contributed by atoms with Crippen molar-refractivity contribution in [1.82, 2.24) is 13.9 Å². The van der Waals surface area contributed by atoms with Gasteiger partial charge in [-0.3, -0.25) is 0 Å². The minimum atomic E-state index is -3.46. The van der Waals surface area contributed by atoms with Crippen molar-refractivity contribution >= 4 is 10.2 Å². The molecule has 21 heavy (non-hydrogen) atoms. The van der Waals surface area contributed by atoms with E-state index in [4.69, 9.17) is 0 Å². The summed E-state index contributed by atoms with van der Waals surface area (Å²) in [4.78, 5) is 0. The van der Waals surface area contributed by atoms with E-state index in [1.165, 1.54) is 4.31 Å². The zero-order chi connectivity index (χ0) is 15.9. The molecule has 1 heterocycles. The molecule has 1 unspecified atom stereocenters. The van der Waals surface area contributed by atoms with Crippen LogP contribution in [0, 0.1) is 0 Å². The summed E-state index contributed by atoms with van der Waals surface area (Å²) in [6.07, 6.45) is 6.15. The molecule has 1 aliphatic heterocycles. The first-order valence-electron chi connectivity index (χ1n) is 7.65. The molecule has 5 nitrogen and oxygen atoms in total. The fraction of sp³-hybridized carbons (Fsp3) is 0.733. The Morgan fingerprint density at radius 3 is 2.43 bits per heavy atom. The third-order valence-corrected chi connectivity index (χ3v) is 5.65. The van der Waals surface area contributed by atoms with Gasteiger partial charge >= 0.3 is 0 Å². The van der Waals surface area contributed by atoms with E-state index in [9.17, 15) is 8.42 Å². The molecule has 1 aliphatic rings. The van der Waals surface area contributed by atoms with Crippen LogP contribution in [0.2, 0.25) is 0 Å². The lowest BCUT2D eigenvalue weighted by molar-refractivity contribution is 0.227. The van der Waals surface area contributed by atoms with Crippen LogP contribution in [0.1, 0.15) is 33.1 Å². The van der Waals surface area contributed by atoms with E-state index < -0.39 is 10.2 Å². The summed E-state index contributed by atoms with van der Waals surface area (Å²) in [6.45, 7) is 13.4. The van der Waals surface area contributed by atoms with Crippen LogP contribution < -0.4 is 5.32 Å². The molecule has 1 fully saturated rings. The Morgan fingerprint density at radius 1 is 1.29 bits per heavy atom. The smallest absolute Gasteiger partial charge is 0.282 e. The Morgan fingerprint density at radius 2 is 1.90 bits per heavy atom. The van der Waals surface area contributed by atoms with Gasteiger partial charge in [-0.15, -0.1) is 13.2 Å². The molecule has 1 N–H and O–H groups in total. The van der Waals surface area contributed by atoms with Crippen LogP contribution >= 0.6 is 0 Å². The van der Waals surface area contributed by atoms with Gasteiger partial charge in [0.15, 0.2) is 0 Å². The first kappa shape index (κ1) is 18.4. The highest BCUT2D eigenvalue weighted by Crippen LogP contribution is 2.22. The number of nitrogens with zero attached hydrogens (tertiary/aromatic N) is 2. The second-order valence-electron chi connectivity index (χ2n) is 5.73. The third-order valence-electron chi connectivity index (χ3n) is 3.62. The molecular formula is C15H29N3O2S. The maximum absolute atomic E-state index is 12.8. The average Bonchev–Trinajstić information content (AvgIpc) is 2.45. The second-order valence-corrected chi connectivity index (χ2v) is 7.61. The van der Waals surface area contributed by atoms with Crippen molar-refractivity contribution in [3.63, 3.8) is 0 Å². The summed E-state index contributed by atoms with van der Waals surface area (Å²) in [7, 11) is -3.46. The van der Waals surface area contributed by atoms with Crippen LogP contribution in [0.4, 0.5) is 0 Å². The minimum absolute atomic E-state index is 0.0308. The van der Waals surface area contributed by atoms with Gasteiger partial charge in [-0.2, -0.15) is 17.0 Å². The van der Waals surface area contributed by atoms with E-state index in [0.29, 0.717) is 32.2 Å². The van der Waals surface area contributed by atoms with Gasteiger partial charge in [0, 0.05) is 38.3 Å². The monoisotopic (exact) mass is 315 g/mol. The SMILES string of the molecule is C=CCN(CC=C)S(=O)(=O)N1CCCCC1CNC(C)C. The zero-order valence-electron chi connectivity index (χ0n) is 13.3. The molecule has 0 amide bonds. The van der Waals surface area contributed by atoms with E-state index in [1.807, 2.05) is 0 Å². The van der Waals surface area contributed by atoms with Gasteiger partial charge in [-0.1, -0.05) is 32.4 Å². The Balaban J connectivity index is 2.88. The molecule has 6 heteroatoms. The molecule has 122 valence electrons. The van der Waals surface area contributed by atoms with Crippen molar-refractivity contribution in [3.8, 4) is 0 Å². The summed E-state index contributed by atoms with van der Waals surface area (Å²) < 4.78 is 28.8. The summed E-state index contributed by atoms with van der Waals surface area (Å²) in [5.74, 6) is 0. The highest BCUT2D eigenvalue weighted by Gasteiger charge is 2.35. The van der Waals surface area contributed by atoms with Gasteiger partial charge in [-0.25, -0.2) is 0 Å². The standard InChI is InChI=1S/C15H29N3O2S/c1-5-10-17(11-6-2)21(19,20)18-12-8-7-9-15(18)13-16-14(3)4/h5-6,14-16H,1-2,7-13H2,3-4H3. The first-order valence-corrected chi connectivity index (χ1v) is 9.05. The Kier molecular flexibility index (Phi) is 7.59. The van der Waals surface area contributed by atoms with Crippen molar-refractivity contribution < 1.29 is 8.42 Å². The molecule has 0 bridgehead atoms. The molecule has 1 saturated heterocycles. The predicted molar refractivity (Wildman–Crippen MR) is 88.4 cm³/mol. The van der Waals surface area contributed by atoms with Gasteiger partial charge in [0.2, 0.25) is 0 Å². The summed E-state index contributed by atoms with van der Waals surface area (Å²) in [5.41, 5.74) is 0.